The van der Waals surface area contributed by atoms with Gasteiger partial charge in [0.05, 0.1) is 6.20 Å². The highest BCUT2D eigenvalue weighted by Crippen LogP contribution is 2.26. The molecular formula is C18H17F2N5. The average Bonchev–Trinajstić information content (AvgIpc) is 2.59. The van der Waals surface area contributed by atoms with Gasteiger partial charge >= 0.3 is 0 Å². The summed E-state index contributed by atoms with van der Waals surface area (Å²) in [4.78, 5) is 4.22. The Labute approximate surface area is 144 Å². The van der Waals surface area contributed by atoms with Gasteiger partial charge in [0.25, 0.3) is 0 Å². The molecule has 1 heterocycles. The molecule has 0 spiro atoms. The first-order valence-electron chi connectivity index (χ1n) is 7.81. The van der Waals surface area contributed by atoms with Crippen molar-refractivity contribution in [1.29, 1.82) is 0 Å². The topological polar surface area (TPSA) is 62.7 Å². The van der Waals surface area contributed by atoms with Crippen molar-refractivity contribution in [2.75, 3.05) is 10.6 Å². The van der Waals surface area contributed by atoms with Gasteiger partial charge in [0.15, 0.2) is 5.82 Å². The number of hydrogen-bond donors (Lipinski definition) is 2. The Morgan fingerprint density at radius 2 is 1.64 bits per heavy atom. The molecule has 0 saturated carbocycles. The van der Waals surface area contributed by atoms with Crippen molar-refractivity contribution >= 4 is 23.1 Å². The third kappa shape index (κ3) is 3.88. The number of nitrogens with one attached hydrogen (secondary N) is 2. The molecule has 0 bridgehead atoms. The second-order valence-corrected chi connectivity index (χ2v) is 5.75. The lowest BCUT2D eigenvalue weighted by molar-refractivity contribution is 0.590. The molecule has 7 heteroatoms. The van der Waals surface area contributed by atoms with Crippen molar-refractivity contribution in [2.45, 2.75) is 19.8 Å². The standard InChI is InChI=1S/C18H17F2N5/c1-11(2)12-6-3-4-9-15(12)22-18-24-16(10-21-25-18)23-17-13(19)7-5-8-14(17)20/h3-11H,1-2H3,(H2,22,23,24,25). The highest BCUT2D eigenvalue weighted by molar-refractivity contribution is 5.62. The molecule has 0 atom stereocenters. The number of nitrogens with zero attached hydrogens (tertiary/aromatic N) is 3. The molecular weight excluding hydrogens is 324 g/mol. The van der Waals surface area contributed by atoms with Crippen molar-refractivity contribution in [3.8, 4) is 0 Å². The van der Waals surface area contributed by atoms with E-state index >= 15 is 0 Å². The van der Waals surface area contributed by atoms with Crippen molar-refractivity contribution in [3.05, 3.63) is 65.9 Å². The molecule has 128 valence electrons. The Morgan fingerprint density at radius 3 is 2.36 bits per heavy atom. The van der Waals surface area contributed by atoms with E-state index in [1.807, 2.05) is 24.3 Å². The summed E-state index contributed by atoms with van der Waals surface area (Å²) in [6, 6.07) is 11.4. The molecule has 0 aliphatic heterocycles. The minimum atomic E-state index is -0.710. The summed E-state index contributed by atoms with van der Waals surface area (Å²) in [6.07, 6.45) is 1.30. The summed E-state index contributed by atoms with van der Waals surface area (Å²) in [5.41, 5.74) is 1.68. The monoisotopic (exact) mass is 341 g/mol. The van der Waals surface area contributed by atoms with Crippen LogP contribution in [0.1, 0.15) is 25.3 Å². The summed E-state index contributed by atoms with van der Waals surface area (Å²) in [6.45, 7) is 4.16. The van der Waals surface area contributed by atoms with Crippen LogP contribution in [-0.2, 0) is 0 Å². The van der Waals surface area contributed by atoms with E-state index in [-0.39, 0.29) is 17.5 Å². The maximum atomic E-state index is 13.7. The predicted octanol–water partition coefficient (Wildman–Crippen LogP) is 4.76. The zero-order valence-electron chi connectivity index (χ0n) is 13.8. The Bertz CT molecular complexity index is 863. The van der Waals surface area contributed by atoms with Crippen LogP contribution in [0.3, 0.4) is 0 Å². The molecule has 2 N–H and O–H groups in total. The van der Waals surface area contributed by atoms with Crippen molar-refractivity contribution in [3.63, 3.8) is 0 Å². The minimum absolute atomic E-state index is 0.184. The van der Waals surface area contributed by atoms with Gasteiger partial charge in [-0.25, -0.2) is 8.78 Å². The second-order valence-electron chi connectivity index (χ2n) is 5.75. The Morgan fingerprint density at radius 1 is 0.920 bits per heavy atom. The number of para-hydroxylation sites is 2. The van der Waals surface area contributed by atoms with E-state index in [1.165, 1.54) is 12.3 Å². The van der Waals surface area contributed by atoms with E-state index in [4.69, 9.17) is 0 Å². The van der Waals surface area contributed by atoms with E-state index in [2.05, 4.69) is 39.7 Å². The molecule has 3 aromatic rings. The smallest absolute Gasteiger partial charge is 0.249 e. The number of halogens is 2. The van der Waals surface area contributed by atoms with Crippen LogP contribution in [0.25, 0.3) is 0 Å². The van der Waals surface area contributed by atoms with Gasteiger partial charge in [-0.05, 0) is 29.7 Å². The zero-order valence-corrected chi connectivity index (χ0v) is 13.8. The molecule has 0 saturated heterocycles. The lowest BCUT2D eigenvalue weighted by Gasteiger charge is -2.13. The van der Waals surface area contributed by atoms with Crippen LogP contribution in [0.15, 0.2) is 48.7 Å². The SMILES string of the molecule is CC(C)c1ccccc1Nc1nncc(Nc2c(F)cccc2F)n1. The number of benzene rings is 2. The fraction of sp³-hybridized carbons (Fsp3) is 0.167. The van der Waals surface area contributed by atoms with Gasteiger partial charge in [0.1, 0.15) is 17.3 Å². The number of anilines is 4. The first kappa shape index (κ1) is 16.8. The molecule has 0 radical (unpaired) electrons. The van der Waals surface area contributed by atoms with Crippen molar-refractivity contribution in [1.82, 2.24) is 15.2 Å². The van der Waals surface area contributed by atoms with Gasteiger partial charge in [-0.15, -0.1) is 5.10 Å². The lowest BCUT2D eigenvalue weighted by Crippen LogP contribution is -2.05. The van der Waals surface area contributed by atoms with Crippen LogP contribution in [0.4, 0.5) is 31.9 Å². The predicted molar refractivity (Wildman–Crippen MR) is 93.3 cm³/mol. The summed E-state index contributed by atoms with van der Waals surface area (Å²) in [5, 5.41) is 13.4. The molecule has 1 aromatic heterocycles. The fourth-order valence-electron chi connectivity index (χ4n) is 2.40. The first-order valence-corrected chi connectivity index (χ1v) is 7.81. The van der Waals surface area contributed by atoms with Crippen LogP contribution in [0, 0.1) is 11.6 Å². The molecule has 0 fully saturated rings. The molecule has 0 aliphatic rings. The van der Waals surface area contributed by atoms with Gasteiger partial charge in [-0.3, -0.25) is 0 Å². The van der Waals surface area contributed by atoms with Crippen molar-refractivity contribution < 1.29 is 8.78 Å². The number of rotatable bonds is 5. The zero-order chi connectivity index (χ0) is 17.8. The normalized spacial score (nSPS) is 10.8. The molecule has 3 rings (SSSR count). The fourth-order valence-corrected chi connectivity index (χ4v) is 2.40. The highest BCUT2D eigenvalue weighted by atomic mass is 19.1. The number of hydrogen-bond acceptors (Lipinski definition) is 5. The summed E-state index contributed by atoms with van der Waals surface area (Å²) >= 11 is 0. The maximum absolute atomic E-state index is 13.7. The quantitative estimate of drug-likeness (QED) is 0.700. The van der Waals surface area contributed by atoms with Crippen molar-refractivity contribution in [2.24, 2.45) is 0 Å². The minimum Gasteiger partial charge on any atom is -0.334 e. The third-order valence-corrected chi connectivity index (χ3v) is 3.60. The second kappa shape index (κ2) is 7.21. The first-order chi connectivity index (χ1) is 12.0. The Hall–Kier alpha value is -3.09. The molecule has 5 nitrogen and oxygen atoms in total. The van der Waals surface area contributed by atoms with E-state index in [0.29, 0.717) is 5.92 Å². The van der Waals surface area contributed by atoms with E-state index in [0.717, 1.165) is 23.4 Å². The largest absolute Gasteiger partial charge is 0.334 e. The summed E-state index contributed by atoms with van der Waals surface area (Å²) in [7, 11) is 0. The summed E-state index contributed by atoms with van der Waals surface area (Å²) in [5.74, 6) is -0.694. The van der Waals surface area contributed by atoms with Gasteiger partial charge in [0.2, 0.25) is 5.95 Å². The number of aromatic nitrogens is 3. The van der Waals surface area contributed by atoms with Crippen LogP contribution >= 0.6 is 0 Å². The van der Waals surface area contributed by atoms with Gasteiger partial charge in [0, 0.05) is 5.69 Å². The molecule has 0 unspecified atom stereocenters. The summed E-state index contributed by atoms with van der Waals surface area (Å²) < 4.78 is 27.5. The third-order valence-electron chi connectivity index (χ3n) is 3.60. The molecule has 2 aromatic carbocycles. The van der Waals surface area contributed by atoms with Crippen LogP contribution < -0.4 is 10.6 Å². The van der Waals surface area contributed by atoms with Crippen LogP contribution in [-0.4, -0.2) is 15.2 Å². The molecule has 0 aliphatic carbocycles. The van der Waals surface area contributed by atoms with Crippen LogP contribution in [0.2, 0.25) is 0 Å². The van der Waals surface area contributed by atoms with Gasteiger partial charge < -0.3 is 10.6 Å². The lowest BCUT2D eigenvalue weighted by atomic mass is 10.0. The van der Waals surface area contributed by atoms with Gasteiger partial charge in [-0.1, -0.05) is 38.1 Å². The molecule has 0 amide bonds. The maximum Gasteiger partial charge on any atom is 0.249 e. The average molecular weight is 341 g/mol. The Kier molecular flexibility index (Phi) is 4.83. The Balaban J connectivity index is 1.85. The van der Waals surface area contributed by atoms with E-state index in [9.17, 15) is 8.78 Å². The van der Waals surface area contributed by atoms with Gasteiger partial charge in [-0.2, -0.15) is 10.1 Å². The molecule has 25 heavy (non-hydrogen) atoms. The highest BCUT2D eigenvalue weighted by Gasteiger charge is 2.11. The van der Waals surface area contributed by atoms with Crippen LogP contribution in [0.5, 0.6) is 0 Å². The van der Waals surface area contributed by atoms with E-state index < -0.39 is 11.6 Å². The van der Waals surface area contributed by atoms with E-state index in [1.54, 1.807) is 0 Å².